The maximum atomic E-state index is 14.1. The van der Waals surface area contributed by atoms with Crippen LogP contribution in [0.5, 0.6) is 0 Å². The Morgan fingerprint density at radius 3 is 1.20 bits per heavy atom. The van der Waals surface area contributed by atoms with E-state index in [1.165, 1.54) is 13.8 Å². The lowest BCUT2D eigenvalue weighted by molar-refractivity contribution is -0.144. The van der Waals surface area contributed by atoms with E-state index in [1.54, 1.807) is 55.4 Å². The molecule has 28 nitrogen and oxygen atoms in total. The summed E-state index contributed by atoms with van der Waals surface area (Å²) in [6.07, 6.45) is -1.85. The van der Waals surface area contributed by atoms with Gasteiger partial charge in [0.05, 0.1) is 12.5 Å². The van der Waals surface area contributed by atoms with Crippen molar-refractivity contribution < 1.29 is 82.8 Å². The van der Waals surface area contributed by atoms with Crippen LogP contribution in [-0.4, -0.2) is 164 Å². The van der Waals surface area contributed by atoms with Crippen molar-refractivity contribution >= 4 is 77.0 Å². The summed E-state index contributed by atoms with van der Waals surface area (Å²) >= 11 is 0. The Balaban J connectivity index is 6.45. The smallest absolute Gasteiger partial charge is 0.326 e. The van der Waals surface area contributed by atoms with Crippen LogP contribution in [0.25, 0.3) is 0 Å². The number of carboxylic acid groups (broad SMARTS) is 4. The minimum atomic E-state index is -1.63. The first kappa shape index (κ1) is 69.0. The van der Waals surface area contributed by atoms with E-state index in [0.29, 0.717) is 12.8 Å². The van der Waals surface area contributed by atoms with Gasteiger partial charge in [0.15, 0.2) is 0 Å². The second-order valence-electron chi connectivity index (χ2n) is 19.5. The van der Waals surface area contributed by atoms with Gasteiger partial charge in [-0.3, -0.25) is 57.5 Å². The average Bonchev–Trinajstić information content (AvgIpc) is 3.33. The van der Waals surface area contributed by atoms with Gasteiger partial charge in [-0.05, 0) is 76.2 Å². The van der Waals surface area contributed by atoms with Crippen LogP contribution >= 0.6 is 0 Å². The number of hydrogen-bond donors (Lipinski definition) is 15. The minimum Gasteiger partial charge on any atom is -0.481 e. The zero-order valence-corrected chi connectivity index (χ0v) is 45.1. The molecule has 0 heterocycles. The molecule has 0 aliphatic rings. The molecular weight excluding hydrogens is 1000 g/mol. The molecule has 28 heteroatoms. The highest BCUT2D eigenvalue weighted by Gasteiger charge is 2.37. The van der Waals surface area contributed by atoms with Crippen LogP contribution in [0.2, 0.25) is 0 Å². The number of hydrogen-bond acceptors (Lipinski definition) is 15. The van der Waals surface area contributed by atoms with Gasteiger partial charge < -0.3 is 79.7 Å². The van der Waals surface area contributed by atoms with Crippen LogP contribution < -0.4 is 59.3 Å². The number of rotatable bonds is 37. The molecule has 76 heavy (non-hydrogen) atoms. The molecule has 0 radical (unpaired) electrons. The molecule has 0 spiro atoms. The van der Waals surface area contributed by atoms with Crippen LogP contribution in [0.15, 0.2) is 0 Å². The molecule has 0 fully saturated rings. The van der Waals surface area contributed by atoms with Gasteiger partial charge in [-0.15, -0.1) is 0 Å². The second-order valence-corrected chi connectivity index (χ2v) is 19.5. The molecule has 0 saturated heterocycles. The molecule has 12 atom stereocenters. The molecule has 0 aliphatic heterocycles. The zero-order chi connectivity index (χ0) is 58.7. The van der Waals surface area contributed by atoms with Crippen molar-refractivity contribution in [3.8, 4) is 0 Å². The first-order chi connectivity index (χ1) is 35.3. The summed E-state index contributed by atoms with van der Waals surface area (Å²) in [5.74, 6) is -16.1. The Morgan fingerprint density at radius 2 is 0.763 bits per heavy atom. The largest absolute Gasteiger partial charge is 0.481 e. The van der Waals surface area contributed by atoms with Gasteiger partial charge >= 0.3 is 23.9 Å². The average molecular weight is 1090 g/mol. The van der Waals surface area contributed by atoms with Gasteiger partial charge in [-0.25, -0.2) is 4.79 Å². The highest BCUT2D eigenvalue weighted by Crippen LogP contribution is 2.15. The summed E-state index contributed by atoms with van der Waals surface area (Å²) in [6.45, 7) is 15.7. The summed E-state index contributed by atoms with van der Waals surface area (Å²) in [7, 11) is 0. The number of amides is 9. The topological polar surface area (TPSA) is 463 Å². The summed E-state index contributed by atoms with van der Waals surface area (Å²) in [4.78, 5) is 168. The number of unbranched alkanes of at least 4 members (excludes halogenated alkanes) is 1. The van der Waals surface area contributed by atoms with Crippen molar-refractivity contribution in [1.82, 2.24) is 47.9 Å². The fraction of sp³-hybridized carbons (Fsp3) is 0.729. The number of aliphatic carboxylic acids is 4. The molecule has 432 valence electrons. The Labute approximate surface area is 442 Å². The normalized spacial score (nSPS) is 15.9. The van der Waals surface area contributed by atoms with Crippen molar-refractivity contribution in [2.24, 2.45) is 35.1 Å². The lowest BCUT2D eigenvalue weighted by Crippen LogP contribution is -2.62. The summed E-state index contributed by atoms with van der Waals surface area (Å²) < 4.78 is 0. The number of carboxylic acids is 4. The Kier molecular flexibility index (Phi) is 31.4. The lowest BCUT2D eigenvalue weighted by atomic mass is 9.95. The molecule has 0 rings (SSSR count). The van der Waals surface area contributed by atoms with E-state index < -0.39 is 187 Å². The third-order valence-electron chi connectivity index (χ3n) is 12.5. The zero-order valence-electron chi connectivity index (χ0n) is 45.1. The van der Waals surface area contributed by atoms with Crippen LogP contribution in [0.4, 0.5) is 0 Å². The van der Waals surface area contributed by atoms with Crippen molar-refractivity contribution in [2.75, 3.05) is 6.54 Å². The molecule has 0 saturated carbocycles. The summed E-state index contributed by atoms with van der Waals surface area (Å²) in [5.41, 5.74) is 11.5. The number of carbonyl (C=O) groups excluding carboxylic acids is 9. The number of carbonyl (C=O) groups is 13. The number of nitrogens with two attached hydrogens (primary N) is 2. The first-order valence-electron chi connectivity index (χ1n) is 25.4. The fourth-order valence-corrected chi connectivity index (χ4v) is 7.07. The van der Waals surface area contributed by atoms with Crippen LogP contribution in [0, 0.1) is 23.7 Å². The molecule has 0 bridgehead atoms. The van der Waals surface area contributed by atoms with Crippen LogP contribution in [-0.2, 0) is 62.3 Å². The highest BCUT2D eigenvalue weighted by atomic mass is 16.4. The molecule has 0 aromatic rings. The molecule has 17 N–H and O–H groups in total. The standard InChI is InChI=1S/C48H83N11O17/c1-11-24(7)37(47(74)55-30(48(75)76)17-19-33(62)63)58-42(69)28(15-13-14-20-49)53-41(68)29(16-18-32(60)61)54-46(73)38(25(8)12-2)59-45(72)36(23(5)6)57-40(67)27(10)51-39(66)26(9)52-43(70)31(21-34(64)65)56-44(71)35(50)22(3)4/h22-31,35-38H,11-21,49-50H2,1-10H3,(H,51,66)(H,52,70)(H,53,68)(H,54,73)(H,55,74)(H,56,71)(H,57,67)(H,58,69)(H,59,72)(H,60,61)(H,62,63)(H,64,65)(H,75,76)/t24-,25-,26-,27-,28-,29-,30-,31-,35-,36-,37-,38-/m0/s1. The quantitative estimate of drug-likeness (QED) is 0.0287. The Morgan fingerprint density at radius 1 is 0.395 bits per heavy atom. The summed E-state index contributed by atoms with van der Waals surface area (Å²) in [5, 5.41) is 59.5. The fourth-order valence-electron chi connectivity index (χ4n) is 7.07. The van der Waals surface area contributed by atoms with Gasteiger partial charge in [0.25, 0.3) is 0 Å². The van der Waals surface area contributed by atoms with Gasteiger partial charge in [0.1, 0.15) is 54.4 Å². The minimum absolute atomic E-state index is 0.0597. The predicted octanol–water partition coefficient (Wildman–Crippen LogP) is -2.46. The van der Waals surface area contributed by atoms with Gasteiger partial charge in [0.2, 0.25) is 53.2 Å². The predicted molar refractivity (Wildman–Crippen MR) is 272 cm³/mol. The molecule has 0 aromatic carbocycles. The van der Waals surface area contributed by atoms with E-state index in [-0.39, 0.29) is 31.7 Å². The first-order valence-corrected chi connectivity index (χ1v) is 25.4. The molecule has 0 aliphatic carbocycles. The van der Waals surface area contributed by atoms with Gasteiger partial charge in [-0.1, -0.05) is 68.2 Å². The van der Waals surface area contributed by atoms with Crippen LogP contribution in [0.1, 0.15) is 133 Å². The van der Waals surface area contributed by atoms with E-state index in [0.717, 1.165) is 0 Å². The summed E-state index contributed by atoms with van der Waals surface area (Å²) in [6, 6.07) is -14.1. The van der Waals surface area contributed by atoms with E-state index >= 15 is 0 Å². The molecular formula is C48H83N11O17. The van der Waals surface area contributed by atoms with Crippen molar-refractivity contribution in [3.63, 3.8) is 0 Å². The third-order valence-corrected chi connectivity index (χ3v) is 12.5. The van der Waals surface area contributed by atoms with Crippen molar-refractivity contribution in [2.45, 2.75) is 194 Å². The maximum Gasteiger partial charge on any atom is 0.326 e. The van der Waals surface area contributed by atoms with E-state index in [2.05, 4.69) is 47.9 Å². The van der Waals surface area contributed by atoms with Gasteiger partial charge in [-0.2, -0.15) is 0 Å². The SMILES string of the molecule is CC[C@H](C)[C@H](NC(=O)[C@H](CCCCN)NC(=O)[C@H](CCC(=O)O)NC(=O)[C@@H](NC(=O)[C@@H](NC(=O)[C@H](C)NC(=O)[C@H](C)NC(=O)[C@H](CC(=O)O)NC(=O)[C@@H](N)C(C)C)C(C)C)[C@@H](C)CC)C(=O)N[C@@H](CCC(=O)O)C(=O)O. The number of nitrogens with one attached hydrogen (secondary N) is 9. The van der Waals surface area contributed by atoms with Crippen molar-refractivity contribution in [1.29, 1.82) is 0 Å². The lowest BCUT2D eigenvalue weighted by Gasteiger charge is -2.30. The second kappa shape index (κ2) is 34.6. The van der Waals surface area contributed by atoms with E-state index in [9.17, 15) is 77.6 Å². The van der Waals surface area contributed by atoms with Gasteiger partial charge in [0, 0.05) is 12.8 Å². The maximum absolute atomic E-state index is 14.1. The Hall–Kier alpha value is -6.97. The highest BCUT2D eigenvalue weighted by molar-refractivity contribution is 5.99. The molecule has 0 aromatic heterocycles. The molecule has 9 amide bonds. The van der Waals surface area contributed by atoms with E-state index in [4.69, 9.17) is 16.6 Å². The monoisotopic (exact) mass is 1090 g/mol. The Bertz CT molecular complexity index is 2040. The van der Waals surface area contributed by atoms with Crippen molar-refractivity contribution in [3.05, 3.63) is 0 Å². The van der Waals surface area contributed by atoms with Crippen LogP contribution in [0.3, 0.4) is 0 Å². The third kappa shape index (κ3) is 25.0. The van der Waals surface area contributed by atoms with E-state index in [1.807, 2.05) is 0 Å². The molecule has 0 unspecified atom stereocenters.